The van der Waals surface area contributed by atoms with Gasteiger partial charge in [0.15, 0.2) is 0 Å². The summed E-state index contributed by atoms with van der Waals surface area (Å²) >= 11 is 0. The summed E-state index contributed by atoms with van der Waals surface area (Å²) in [5.41, 5.74) is 1.04. The smallest absolute Gasteiger partial charge is 0.308 e. The molecular weight excluding hydrogens is 436 g/mol. The van der Waals surface area contributed by atoms with Crippen molar-refractivity contribution in [2.24, 2.45) is 11.8 Å². The highest BCUT2D eigenvalue weighted by Crippen LogP contribution is 2.38. The van der Waals surface area contributed by atoms with Crippen LogP contribution in [0.4, 0.5) is 5.69 Å². The van der Waals surface area contributed by atoms with E-state index in [0.717, 1.165) is 25.7 Å². The van der Waals surface area contributed by atoms with Crippen LogP contribution in [0.25, 0.3) is 0 Å². The van der Waals surface area contributed by atoms with E-state index in [2.05, 4.69) is 5.32 Å². The zero-order chi connectivity index (χ0) is 24.1. The average molecular weight is 465 g/mol. The van der Waals surface area contributed by atoms with E-state index in [1.807, 2.05) is 0 Å². The molecule has 3 amide bonds. The number of carbonyl (C=O) groups excluding carboxylic acids is 4. The lowest BCUT2D eigenvalue weighted by molar-refractivity contribution is -0.155. The number of carbonyl (C=O) groups is 4. The molecule has 2 aliphatic rings. The van der Waals surface area contributed by atoms with Gasteiger partial charge in [0, 0.05) is 17.8 Å². The van der Waals surface area contributed by atoms with Crippen molar-refractivity contribution in [1.82, 2.24) is 4.90 Å². The van der Waals surface area contributed by atoms with Gasteiger partial charge < -0.3 is 14.8 Å². The van der Waals surface area contributed by atoms with Crippen LogP contribution >= 0.6 is 0 Å². The van der Waals surface area contributed by atoms with Gasteiger partial charge in [-0.1, -0.05) is 43.2 Å². The first kappa shape index (κ1) is 23.5. The van der Waals surface area contributed by atoms with Gasteiger partial charge in [0.25, 0.3) is 5.91 Å². The lowest BCUT2D eigenvalue weighted by Gasteiger charge is -2.19. The summed E-state index contributed by atoms with van der Waals surface area (Å²) in [5, 5.41) is 2.75. The molecule has 1 heterocycles. The van der Waals surface area contributed by atoms with Gasteiger partial charge in [-0.3, -0.25) is 24.1 Å². The minimum Gasteiger partial charge on any atom is -0.497 e. The molecule has 1 aliphatic carbocycles. The van der Waals surface area contributed by atoms with Crippen LogP contribution in [0.2, 0.25) is 0 Å². The lowest BCUT2D eigenvalue weighted by Crippen LogP contribution is -2.34. The SMILES string of the molecule is COc1ccc(NC(=O)C(OC(=O)CCN2C(=O)C3CCCCC3C2=O)c2ccccc2)cc1. The quantitative estimate of drug-likeness (QED) is 0.474. The van der Waals surface area contributed by atoms with Crippen molar-refractivity contribution in [1.29, 1.82) is 0 Å². The molecule has 4 rings (SSSR count). The topological polar surface area (TPSA) is 102 Å². The summed E-state index contributed by atoms with van der Waals surface area (Å²) in [4.78, 5) is 52.2. The van der Waals surface area contributed by atoms with Crippen LogP contribution in [-0.2, 0) is 23.9 Å². The molecule has 3 unspecified atom stereocenters. The molecule has 0 radical (unpaired) electrons. The Bertz CT molecular complexity index is 1030. The lowest BCUT2D eigenvalue weighted by atomic mass is 9.81. The van der Waals surface area contributed by atoms with Crippen molar-refractivity contribution in [2.45, 2.75) is 38.2 Å². The van der Waals surface area contributed by atoms with Crippen LogP contribution < -0.4 is 10.1 Å². The zero-order valence-electron chi connectivity index (χ0n) is 19.1. The molecular formula is C26H28N2O6. The Balaban J connectivity index is 1.41. The maximum atomic E-state index is 13.0. The number of amides is 3. The van der Waals surface area contributed by atoms with Crippen molar-refractivity contribution < 1.29 is 28.7 Å². The molecule has 1 saturated carbocycles. The Labute approximate surface area is 198 Å². The fraction of sp³-hybridized carbons (Fsp3) is 0.385. The molecule has 178 valence electrons. The first-order chi connectivity index (χ1) is 16.5. The van der Waals surface area contributed by atoms with Gasteiger partial charge >= 0.3 is 5.97 Å². The highest BCUT2D eigenvalue weighted by Gasteiger charge is 2.47. The first-order valence-corrected chi connectivity index (χ1v) is 11.5. The monoisotopic (exact) mass is 464 g/mol. The van der Waals surface area contributed by atoms with Crippen molar-refractivity contribution in [3.05, 3.63) is 60.2 Å². The van der Waals surface area contributed by atoms with Crippen molar-refractivity contribution in [2.75, 3.05) is 19.0 Å². The van der Waals surface area contributed by atoms with Crippen LogP contribution in [0, 0.1) is 11.8 Å². The van der Waals surface area contributed by atoms with Crippen LogP contribution in [0.3, 0.4) is 0 Å². The number of anilines is 1. The molecule has 0 spiro atoms. The van der Waals surface area contributed by atoms with Gasteiger partial charge in [-0.05, 0) is 37.1 Å². The number of benzene rings is 2. The molecule has 0 bridgehead atoms. The predicted molar refractivity (Wildman–Crippen MR) is 124 cm³/mol. The van der Waals surface area contributed by atoms with Crippen LogP contribution in [-0.4, -0.2) is 42.2 Å². The van der Waals surface area contributed by atoms with E-state index in [9.17, 15) is 19.2 Å². The molecule has 8 nitrogen and oxygen atoms in total. The van der Waals surface area contributed by atoms with Gasteiger partial charge in [-0.2, -0.15) is 0 Å². The standard InChI is InChI=1S/C26H28N2O6/c1-33-19-13-11-18(12-14-19)27-24(30)23(17-7-3-2-4-8-17)34-22(29)15-16-28-25(31)20-9-5-6-10-21(20)26(28)32/h2-4,7-8,11-14,20-21,23H,5-6,9-10,15-16H2,1H3,(H,27,30). The van der Waals surface area contributed by atoms with Crippen LogP contribution in [0.5, 0.6) is 5.75 Å². The van der Waals surface area contributed by atoms with Crippen molar-refractivity contribution in [3.8, 4) is 5.75 Å². The number of nitrogens with zero attached hydrogens (tertiary/aromatic N) is 1. The number of methoxy groups -OCH3 is 1. The van der Waals surface area contributed by atoms with E-state index in [1.165, 1.54) is 4.90 Å². The molecule has 3 atom stereocenters. The summed E-state index contributed by atoms with van der Waals surface area (Å²) in [6, 6.07) is 15.5. The first-order valence-electron chi connectivity index (χ1n) is 11.5. The summed E-state index contributed by atoms with van der Waals surface area (Å²) in [5.74, 6) is -1.43. The average Bonchev–Trinajstić information content (AvgIpc) is 3.11. The van der Waals surface area contributed by atoms with Gasteiger partial charge in [0.05, 0.1) is 25.4 Å². The summed E-state index contributed by atoms with van der Waals surface area (Å²) < 4.78 is 10.7. The third-order valence-electron chi connectivity index (χ3n) is 6.42. The van der Waals surface area contributed by atoms with Gasteiger partial charge in [-0.25, -0.2) is 0 Å². The number of nitrogens with one attached hydrogen (secondary N) is 1. The second-order valence-corrected chi connectivity index (χ2v) is 8.57. The number of fused-ring (bicyclic) bond motifs is 1. The van der Waals surface area contributed by atoms with E-state index in [4.69, 9.17) is 9.47 Å². The maximum Gasteiger partial charge on any atom is 0.308 e. The number of esters is 1. The predicted octanol–water partition coefficient (Wildman–Crippen LogP) is 3.48. The largest absolute Gasteiger partial charge is 0.497 e. The van der Waals surface area contributed by atoms with Gasteiger partial charge in [0.1, 0.15) is 5.75 Å². The molecule has 34 heavy (non-hydrogen) atoms. The number of hydrogen-bond acceptors (Lipinski definition) is 6. The third kappa shape index (κ3) is 5.11. The molecule has 1 N–H and O–H groups in total. The highest BCUT2D eigenvalue weighted by atomic mass is 16.5. The Hall–Kier alpha value is -3.68. The normalized spacial score (nSPS) is 20.4. The van der Waals surface area contributed by atoms with Gasteiger partial charge in [-0.15, -0.1) is 0 Å². The van der Waals surface area contributed by atoms with Crippen molar-refractivity contribution >= 4 is 29.4 Å². The van der Waals surface area contributed by atoms with Gasteiger partial charge in [0.2, 0.25) is 17.9 Å². The molecule has 2 aromatic carbocycles. The van der Waals surface area contributed by atoms with Crippen LogP contribution in [0.1, 0.15) is 43.8 Å². The fourth-order valence-electron chi connectivity index (χ4n) is 4.63. The molecule has 2 fully saturated rings. The number of hydrogen-bond donors (Lipinski definition) is 1. The summed E-state index contributed by atoms with van der Waals surface area (Å²) in [7, 11) is 1.55. The van der Waals surface area contributed by atoms with E-state index in [-0.39, 0.29) is 36.6 Å². The van der Waals surface area contributed by atoms with Crippen molar-refractivity contribution in [3.63, 3.8) is 0 Å². The number of rotatable bonds is 8. The summed E-state index contributed by atoms with van der Waals surface area (Å²) in [6.45, 7) is -0.0366. The Kier molecular flexibility index (Phi) is 7.25. The second-order valence-electron chi connectivity index (χ2n) is 8.57. The molecule has 0 aromatic heterocycles. The number of imide groups is 1. The Morgan fingerprint density at radius 3 is 2.18 bits per heavy atom. The molecule has 8 heteroatoms. The van der Waals surface area contributed by atoms with E-state index < -0.39 is 18.0 Å². The Morgan fingerprint density at radius 1 is 0.971 bits per heavy atom. The second kappa shape index (κ2) is 10.5. The molecule has 2 aromatic rings. The number of likely N-dealkylation sites (tertiary alicyclic amines) is 1. The van der Waals surface area contributed by atoms with E-state index >= 15 is 0 Å². The maximum absolute atomic E-state index is 13.0. The summed E-state index contributed by atoms with van der Waals surface area (Å²) in [6.07, 6.45) is 1.98. The number of ether oxygens (including phenoxy) is 2. The molecule has 1 saturated heterocycles. The van der Waals surface area contributed by atoms with Crippen LogP contribution in [0.15, 0.2) is 54.6 Å². The minimum absolute atomic E-state index is 0.0366. The Morgan fingerprint density at radius 2 is 1.59 bits per heavy atom. The molecule has 1 aliphatic heterocycles. The van der Waals surface area contributed by atoms with E-state index in [1.54, 1.807) is 61.7 Å². The third-order valence-corrected chi connectivity index (χ3v) is 6.42. The zero-order valence-corrected chi connectivity index (χ0v) is 19.1. The van der Waals surface area contributed by atoms with E-state index in [0.29, 0.717) is 17.0 Å². The highest BCUT2D eigenvalue weighted by molar-refractivity contribution is 6.05. The minimum atomic E-state index is -1.18. The fourth-order valence-corrected chi connectivity index (χ4v) is 4.63.